The van der Waals surface area contributed by atoms with E-state index in [1.54, 1.807) is 23.9 Å². The van der Waals surface area contributed by atoms with Crippen LogP contribution >= 0.6 is 11.8 Å². The number of carboxylic acids is 1. The number of nitrogens with one attached hydrogen (secondary N) is 2. The standard InChI is InChI=1S/C13H18N2O3S/c1-3-10(8-19-2)14-13(18)15-11-6-4-9(5-7-11)12(16)17/h4-7,10H,3,8H2,1-2H3,(H,16,17)(H2,14,15,18). The molecule has 1 atom stereocenters. The fourth-order valence-electron chi connectivity index (χ4n) is 1.51. The molecule has 0 fully saturated rings. The SMILES string of the molecule is CCC(CSC)NC(=O)Nc1ccc(C(=O)O)cc1. The molecule has 1 rings (SSSR count). The number of amides is 2. The van der Waals surface area contributed by atoms with E-state index in [-0.39, 0.29) is 17.6 Å². The van der Waals surface area contributed by atoms with Gasteiger partial charge in [-0.15, -0.1) is 0 Å². The molecule has 0 aliphatic carbocycles. The van der Waals surface area contributed by atoms with Gasteiger partial charge in [0.25, 0.3) is 0 Å². The molecule has 0 aliphatic heterocycles. The van der Waals surface area contributed by atoms with E-state index in [0.717, 1.165) is 12.2 Å². The molecule has 0 heterocycles. The average molecular weight is 282 g/mol. The van der Waals surface area contributed by atoms with Crippen molar-refractivity contribution in [3.8, 4) is 0 Å². The molecule has 1 unspecified atom stereocenters. The Labute approximate surface area is 116 Å². The van der Waals surface area contributed by atoms with E-state index >= 15 is 0 Å². The summed E-state index contributed by atoms with van der Waals surface area (Å²) in [5, 5.41) is 14.3. The Hall–Kier alpha value is -1.69. The van der Waals surface area contributed by atoms with Crippen molar-refractivity contribution >= 4 is 29.4 Å². The molecular weight excluding hydrogens is 264 g/mol. The fourth-order valence-corrected chi connectivity index (χ4v) is 2.23. The minimum atomic E-state index is -0.984. The van der Waals surface area contributed by atoms with Crippen molar-refractivity contribution in [2.45, 2.75) is 19.4 Å². The highest BCUT2D eigenvalue weighted by molar-refractivity contribution is 7.98. The molecule has 19 heavy (non-hydrogen) atoms. The number of hydrogen-bond acceptors (Lipinski definition) is 3. The molecule has 0 bridgehead atoms. The zero-order valence-electron chi connectivity index (χ0n) is 11.0. The number of urea groups is 1. The van der Waals surface area contributed by atoms with Crippen LogP contribution in [0.25, 0.3) is 0 Å². The van der Waals surface area contributed by atoms with E-state index in [9.17, 15) is 9.59 Å². The number of rotatable bonds is 6. The van der Waals surface area contributed by atoms with Gasteiger partial charge in [0.15, 0.2) is 0 Å². The Balaban J connectivity index is 2.54. The smallest absolute Gasteiger partial charge is 0.335 e. The second-order valence-electron chi connectivity index (χ2n) is 4.04. The minimum Gasteiger partial charge on any atom is -0.478 e. The van der Waals surface area contributed by atoms with Crippen LogP contribution in [0, 0.1) is 0 Å². The maximum atomic E-state index is 11.7. The highest BCUT2D eigenvalue weighted by Crippen LogP contribution is 2.09. The number of thioether (sulfide) groups is 1. The van der Waals surface area contributed by atoms with Crippen molar-refractivity contribution in [2.75, 3.05) is 17.3 Å². The molecule has 0 aromatic heterocycles. The summed E-state index contributed by atoms with van der Waals surface area (Å²) in [5.41, 5.74) is 0.765. The van der Waals surface area contributed by atoms with Crippen molar-refractivity contribution in [3.63, 3.8) is 0 Å². The van der Waals surface area contributed by atoms with Crippen molar-refractivity contribution in [3.05, 3.63) is 29.8 Å². The largest absolute Gasteiger partial charge is 0.478 e. The van der Waals surface area contributed by atoms with Crippen molar-refractivity contribution in [1.29, 1.82) is 0 Å². The summed E-state index contributed by atoms with van der Waals surface area (Å²) in [4.78, 5) is 22.4. The molecule has 0 aliphatic rings. The van der Waals surface area contributed by atoms with Gasteiger partial charge in [0.2, 0.25) is 0 Å². The van der Waals surface area contributed by atoms with Crippen molar-refractivity contribution in [1.82, 2.24) is 5.32 Å². The van der Waals surface area contributed by atoms with Crippen LogP contribution < -0.4 is 10.6 Å². The van der Waals surface area contributed by atoms with E-state index in [1.165, 1.54) is 12.1 Å². The Morgan fingerprint density at radius 1 is 1.32 bits per heavy atom. The summed E-state index contributed by atoms with van der Waals surface area (Å²) in [6.45, 7) is 2.02. The van der Waals surface area contributed by atoms with Gasteiger partial charge in [-0.1, -0.05) is 6.92 Å². The van der Waals surface area contributed by atoms with Crippen LogP contribution in [-0.2, 0) is 0 Å². The molecule has 0 spiro atoms. The molecule has 6 heteroatoms. The predicted octanol–water partition coefficient (Wildman–Crippen LogP) is 2.65. The lowest BCUT2D eigenvalue weighted by molar-refractivity contribution is 0.0697. The monoisotopic (exact) mass is 282 g/mol. The third-order valence-corrected chi connectivity index (χ3v) is 3.32. The second kappa shape index (κ2) is 7.68. The Kier molecular flexibility index (Phi) is 6.21. The van der Waals surface area contributed by atoms with Gasteiger partial charge in [-0.05, 0) is 36.9 Å². The Morgan fingerprint density at radius 2 is 1.95 bits per heavy atom. The number of carbonyl (C=O) groups is 2. The lowest BCUT2D eigenvalue weighted by Gasteiger charge is -2.16. The molecule has 1 aromatic carbocycles. The Bertz CT molecular complexity index is 434. The third kappa shape index (κ3) is 5.21. The first-order valence-corrected chi connectivity index (χ1v) is 7.36. The van der Waals surface area contributed by atoms with Crippen LogP contribution in [0.2, 0.25) is 0 Å². The van der Waals surface area contributed by atoms with Crippen LogP contribution in [0.15, 0.2) is 24.3 Å². The number of aromatic carboxylic acids is 1. The van der Waals surface area contributed by atoms with Gasteiger partial charge in [-0.25, -0.2) is 9.59 Å². The van der Waals surface area contributed by atoms with Gasteiger partial charge < -0.3 is 15.7 Å². The first-order chi connectivity index (χ1) is 9.06. The second-order valence-corrected chi connectivity index (χ2v) is 4.95. The van der Waals surface area contributed by atoms with Crippen LogP contribution in [0.3, 0.4) is 0 Å². The summed E-state index contributed by atoms with van der Waals surface area (Å²) in [6.07, 6.45) is 2.86. The van der Waals surface area contributed by atoms with Gasteiger partial charge in [0, 0.05) is 17.5 Å². The van der Waals surface area contributed by atoms with Crippen LogP contribution in [0.5, 0.6) is 0 Å². The van der Waals surface area contributed by atoms with Gasteiger partial charge in [-0.2, -0.15) is 11.8 Å². The van der Waals surface area contributed by atoms with Gasteiger partial charge in [0.1, 0.15) is 0 Å². The molecule has 0 saturated heterocycles. The van der Waals surface area contributed by atoms with E-state index in [1.807, 2.05) is 13.2 Å². The summed E-state index contributed by atoms with van der Waals surface area (Å²) < 4.78 is 0. The third-order valence-electron chi connectivity index (χ3n) is 2.59. The molecule has 104 valence electrons. The van der Waals surface area contributed by atoms with Gasteiger partial charge in [-0.3, -0.25) is 0 Å². The molecule has 3 N–H and O–H groups in total. The molecule has 5 nitrogen and oxygen atoms in total. The number of carboxylic acid groups (broad SMARTS) is 1. The quantitative estimate of drug-likeness (QED) is 0.749. The maximum absolute atomic E-state index is 11.7. The molecule has 0 radical (unpaired) electrons. The van der Waals surface area contributed by atoms with E-state index in [0.29, 0.717) is 5.69 Å². The van der Waals surface area contributed by atoms with Gasteiger partial charge in [0.05, 0.1) is 5.56 Å². The number of carbonyl (C=O) groups excluding carboxylic acids is 1. The van der Waals surface area contributed by atoms with Crippen molar-refractivity contribution in [2.24, 2.45) is 0 Å². The summed E-state index contributed by atoms with van der Waals surface area (Å²) in [6, 6.07) is 5.91. The van der Waals surface area contributed by atoms with Crippen LogP contribution in [-0.4, -0.2) is 35.2 Å². The van der Waals surface area contributed by atoms with Crippen LogP contribution in [0.1, 0.15) is 23.7 Å². The summed E-state index contributed by atoms with van der Waals surface area (Å²) in [7, 11) is 0. The zero-order valence-corrected chi connectivity index (χ0v) is 11.8. The van der Waals surface area contributed by atoms with E-state index in [2.05, 4.69) is 10.6 Å². The van der Waals surface area contributed by atoms with E-state index < -0.39 is 5.97 Å². The average Bonchev–Trinajstić information content (AvgIpc) is 2.38. The highest BCUT2D eigenvalue weighted by atomic mass is 32.2. The number of anilines is 1. The fraction of sp³-hybridized carbons (Fsp3) is 0.385. The molecular formula is C13H18N2O3S. The maximum Gasteiger partial charge on any atom is 0.335 e. The summed E-state index contributed by atoms with van der Waals surface area (Å²) in [5.74, 6) is -0.121. The molecule has 1 aromatic rings. The predicted molar refractivity (Wildman–Crippen MR) is 78.0 cm³/mol. The zero-order chi connectivity index (χ0) is 14.3. The highest BCUT2D eigenvalue weighted by Gasteiger charge is 2.10. The van der Waals surface area contributed by atoms with Crippen LogP contribution in [0.4, 0.5) is 10.5 Å². The summed E-state index contributed by atoms with van der Waals surface area (Å²) >= 11 is 1.68. The minimum absolute atomic E-state index is 0.133. The first kappa shape index (κ1) is 15.4. The normalized spacial score (nSPS) is 11.7. The number of hydrogen-bond donors (Lipinski definition) is 3. The van der Waals surface area contributed by atoms with Gasteiger partial charge >= 0.3 is 12.0 Å². The number of benzene rings is 1. The molecule has 2 amide bonds. The van der Waals surface area contributed by atoms with Crippen molar-refractivity contribution < 1.29 is 14.7 Å². The topological polar surface area (TPSA) is 78.4 Å². The lowest BCUT2D eigenvalue weighted by atomic mass is 10.2. The first-order valence-electron chi connectivity index (χ1n) is 5.96. The Morgan fingerprint density at radius 3 is 2.42 bits per heavy atom. The van der Waals surface area contributed by atoms with E-state index in [4.69, 9.17) is 5.11 Å². The molecule has 0 saturated carbocycles. The lowest BCUT2D eigenvalue weighted by Crippen LogP contribution is -2.39.